The third-order valence-corrected chi connectivity index (χ3v) is 7.06. The summed E-state index contributed by atoms with van der Waals surface area (Å²) in [6.45, 7) is 1.40. The van der Waals surface area contributed by atoms with Gasteiger partial charge in [-0.1, -0.05) is 11.6 Å². The molecular weight excluding hydrogens is 393 g/mol. The van der Waals surface area contributed by atoms with Gasteiger partial charge in [0.15, 0.2) is 15.9 Å². The molecule has 0 radical (unpaired) electrons. The van der Waals surface area contributed by atoms with E-state index < -0.39 is 33.6 Å². The van der Waals surface area contributed by atoms with Gasteiger partial charge >= 0.3 is 5.97 Å². The normalized spacial score (nSPS) is 20.0. The topological polar surface area (TPSA) is 89.5 Å². The number of anilines is 1. The van der Waals surface area contributed by atoms with Gasteiger partial charge in [-0.15, -0.1) is 11.8 Å². The van der Waals surface area contributed by atoms with Crippen molar-refractivity contribution in [1.82, 2.24) is 0 Å². The summed E-state index contributed by atoms with van der Waals surface area (Å²) < 4.78 is 40.7. The van der Waals surface area contributed by atoms with Crippen molar-refractivity contribution in [2.24, 2.45) is 0 Å². The number of benzene rings is 1. The Balaban J connectivity index is 1.79. The van der Waals surface area contributed by atoms with Crippen molar-refractivity contribution in [1.29, 1.82) is 0 Å². The second-order valence-electron chi connectivity index (χ2n) is 5.58. The van der Waals surface area contributed by atoms with E-state index in [2.05, 4.69) is 5.32 Å². The summed E-state index contributed by atoms with van der Waals surface area (Å²) in [4.78, 5) is 23.8. The van der Waals surface area contributed by atoms with Gasteiger partial charge in [-0.2, -0.15) is 0 Å². The fraction of sp³-hybridized carbons (Fsp3) is 0.467. The number of halogens is 2. The lowest BCUT2D eigenvalue weighted by Crippen LogP contribution is -2.30. The van der Waals surface area contributed by atoms with Crippen LogP contribution >= 0.6 is 23.4 Å². The molecule has 138 valence electrons. The zero-order chi connectivity index (χ0) is 18.6. The molecule has 0 saturated carbocycles. The fourth-order valence-electron chi connectivity index (χ4n) is 2.19. The second-order valence-corrected chi connectivity index (χ2v) is 9.51. The Morgan fingerprint density at radius 1 is 1.48 bits per heavy atom. The lowest BCUT2D eigenvalue weighted by Gasteiger charge is -2.15. The largest absolute Gasteiger partial charge is 0.452 e. The van der Waals surface area contributed by atoms with Gasteiger partial charge in [0.05, 0.1) is 28.0 Å². The van der Waals surface area contributed by atoms with Gasteiger partial charge in [-0.25, -0.2) is 12.8 Å². The summed E-state index contributed by atoms with van der Waals surface area (Å²) in [5.41, 5.74) is 0.210. The first kappa shape index (κ1) is 20.0. The van der Waals surface area contributed by atoms with Crippen molar-refractivity contribution in [2.45, 2.75) is 24.7 Å². The number of ether oxygens (including phenoxy) is 1. The van der Waals surface area contributed by atoms with Crippen LogP contribution in [0.25, 0.3) is 0 Å². The van der Waals surface area contributed by atoms with E-state index in [4.69, 9.17) is 16.3 Å². The van der Waals surface area contributed by atoms with Crippen molar-refractivity contribution in [2.75, 3.05) is 22.6 Å². The van der Waals surface area contributed by atoms with E-state index in [1.807, 2.05) is 0 Å². The molecular formula is C15H17ClFNO5S2. The molecule has 0 aromatic heterocycles. The highest BCUT2D eigenvalue weighted by atomic mass is 35.5. The van der Waals surface area contributed by atoms with Crippen LogP contribution in [0.4, 0.5) is 10.1 Å². The van der Waals surface area contributed by atoms with Crippen LogP contribution in [0.5, 0.6) is 0 Å². The summed E-state index contributed by atoms with van der Waals surface area (Å²) in [5.74, 6) is -1.58. The van der Waals surface area contributed by atoms with E-state index in [0.717, 1.165) is 12.1 Å². The molecule has 1 saturated heterocycles. The molecule has 0 aliphatic carbocycles. The molecule has 1 aliphatic rings. The number of carbonyl (C=O) groups is 2. The van der Waals surface area contributed by atoms with Gasteiger partial charge in [0, 0.05) is 5.25 Å². The standard InChI is InChI=1S/C15H17ClFNO5S2/c1-9(15(20)18-13-3-2-10(17)6-12(13)16)23-14(19)7-24-11-4-5-25(21,22)8-11/h2-3,6,9,11H,4-5,7-8H2,1H3,(H,18,20)/t9-,11-/m0/s1. The Morgan fingerprint density at radius 2 is 2.20 bits per heavy atom. The average Bonchev–Trinajstić information content (AvgIpc) is 2.87. The number of esters is 1. The van der Waals surface area contributed by atoms with Crippen molar-refractivity contribution in [3.05, 3.63) is 29.0 Å². The number of amides is 1. The minimum absolute atomic E-state index is 0.0323. The van der Waals surface area contributed by atoms with Gasteiger partial charge in [0.1, 0.15) is 5.82 Å². The molecule has 10 heteroatoms. The van der Waals surface area contributed by atoms with E-state index in [0.29, 0.717) is 6.42 Å². The third-order valence-electron chi connectivity index (χ3n) is 3.49. The zero-order valence-electron chi connectivity index (χ0n) is 13.3. The Morgan fingerprint density at radius 3 is 2.80 bits per heavy atom. The number of thioether (sulfide) groups is 1. The number of hydrogen-bond donors (Lipinski definition) is 1. The van der Waals surface area contributed by atoms with E-state index in [-0.39, 0.29) is 33.2 Å². The Hall–Kier alpha value is -1.32. The molecule has 1 N–H and O–H groups in total. The van der Waals surface area contributed by atoms with Gasteiger partial charge < -0.3 is 10.1 Å². The van der Waals surface area contributed by atoms with Crippen LogP contribution in [0.15, 0.2) is 18.2 Å². The fourth-order valence-corrected chi connectivity index (χ4v) is 5.83. The number of hydrogen-bond acceptors (Lipinski definition) is 6. The molecule has 2 atom stereocenters. The molecule has 0 unspecified atom stereocenters. The minimum atomic E-state index is -3.00. The van der Waals surface area contributed by atoms with Crippen LogP contribution in [0, 0.1) is 5.82 Å². The SMILES string of the molecule is C[C@H](OC(=O)CS[C@H]1CCS(=O)(=O)C1)C(=O)Nc1ccc(F)cc1Cl. The van der Waals surface area contributed by atoms with Crippen molar-refractivity contribution >= 4 is 50.8 Å². The Labute approximate surface area is 154 Å². The lowest BCUT2D eigenvalue weighted by molar-refractivity contribution is -0.150. The van der Waals surface area contributed by atoms with Crippen LogP contribution in [-0.2, 0) is 24.2 Å². The third kappa shape index (κ3) is 6.16. The summed E-state index contributed by atoms with van der Waals surface area (Å²) >= 11 is 7.02. The molecule has 2 rings (SSSR count). The molecule has 1 fully saturated rings. The Kier molecular flexibility index (Phi) is 6.70. The summed E-state index contributed by atoms with van der Waals surface area (Å²) in [7, 11) is -3.00. The first-order chi connectivity index (χ1) is 11.7. The molecule has 1 aliphatic heterocycles. The number of sulfone groups is 1. The number of carbonyl (C=O) groups excluding carboxylic acids is 2. The predicted octanol–water partition coefficient (Wildman–Crippen LogP) is 2.27. The predicted molar refractivity (Wildman–Crippen MR) is 95.1 cm³/mol. The molecule has 0 spiro atoms. The molecule has 1 aromatic carbocycles. The second kappa shape index (κ2) is 8.37. The lowest BCUT2D eigenvalue weighted by atomic mass is 10.3. The smallest absolute Gasteiger partial charge is 0.316 e. The molecule has 6 nitrogen and oxygen atoms in total. The van der Waals surface area contributed by atoms with Gasteiger partial charge in [-0.05, 0) is 31.5 Å². The number of nitrogens with one attached hydrogen (secondary N) is 1. The monoisotopic (exact) mass is 409 g/mol. The first-order valence-electron chi connectivity index (χ1n) is 7.44. The molecule has 0 bridgehead atoms. The molecule has 1 amide bonds. The van der Waals surface area contributed by atoms with Crippen LogP contribution in [-0.4, -0.2) is 48.9 Å². The van der Waals surface area contributed by atoms with Crippen LogP contribution in [0.2, 0.25) is 5.02 Å². The maximum absolute atomic E-state index is 13.0. The summed E-state index contributed by atoms with van der Waals surface area (Å²) in [6.07, 6.45) is -0.555. The van der Waals surface area contributed by atoms with Gasteiger partial charge in [-0.3, -0.25) is 9.59 Å². The number of rotatable bonds is 6. The van der Waals surface area contributed by atoms with E-state index in [1.165, 1.54) is 24.8 Å². The van der Waals surface area contributed by atoms with Gasteiger partial charge in [0.25, 0.3) is 5.91 Å². The van der Waals surface area contributed by atoms with E-state index in [9.17, 15) is 22.4 Å². The maximum atomic E-state index is 13.0. The summed E-state index contributed by atoms with van der Waals surface area (Å²) in [5, 5.41) is 2.36. The first-order valence-corrected chi connectivity index (χ1v) is 10.7. The van der Waals surface area contributed by atoms with Gasteiger partial charge in [0.2, 0.25) is 0 Å². The zero-order valence-corrected chi connectivity index (χ0v) is 15.7. The van der Waals surface area contributed by atoms with E-state index in [1.54, 1.807) is 0 Å². The minimum Gasteiger partial charge on any atom is -0.452 e. The molecule has 25 heavy (non-hydrogen) atoms. The average molecular weight is 410 g/mol. The highest BCUT2D eigenvalue weighted by Crippen LogP contribution is 2.25. The van der Waals surface area contributed by atoms with Crippen molar-refractivity contribution in [3.8, 4) is 0 Å². The maximum Gasteiger partial charge on any atom is 0.316 e. The molecule has 1 heterocycles. The quantitative estimate of drug-likeness (QED) is 0.725. The van der Waals surface area contributed by atoms with Crippen LogP contribution in [0.1, 0.15) is 13.3 Å². The van der Waals surface area contributed by atoms with Crippen molar-refractivity contribution in [3.63, 3.8) is 0 Å². The van der Waals surface area contributed by atoms with Crippen LogP contribution < -0.4 is 5.32 Å². The molecule has 1 aromatic rings. The van der Waals surface area contributed by atoms with Crippen LogP contribution in [0.3, 0.4) is 0 Å². The Bertz CT molecular complexity index is 771. The van der Waals surface area contributed by atoms with E-state index >= 15 is 0 Å². The highest BCUT2D eigenvalue weighted by molar-refractivity contribution is 8.02. The summed E-state index contributed by atoms with van der Waals surface area (Å²) in [6, 6.07) is 3.51. The highest BCUT2D eigenvalue weighted by Gasteiger charge is 2.29. The van der Waals surface area contributed by atoms with Crippen molar-refractivity contribution < 1.29 is 27.1 Å².